The number of nitrogens with zero attached hydrogens (tertiary/aromatic N) is 1. The number of ether oxygens (including phenoxy) is 1. The van der Waals surface area contributed by atoms with E-state index in [0.29, 0.717) is 12.6 Å². The van der Waals surface area contributed by atoms with Crippen LogP contribution in [0.1, 0.15) is 24.0 Å². The Labute approximate surface area is 117 Å². The van der Waals surface area contributed by atoms with E-state index in [1.807, 2.05) is 0 Å². The first-order chi connectivity index (χ1) is 8.70. The van der Waals surface area contributed by atoms with Crippen molar-refractivity contribution in [1.29, 1.82) is 0 Å². The SMILES string of the molecule is CN(Cc1ccc(CN)cc1Br)C1CCOCC1. The molecule has 0 amide bonds. The van der Waals surface area contributed by atoms with Crippen molar-refractivity contribution in [3.8, 4) is 0 Å². The van der Waals surface area contributed by atoms with Crippen LogP contribution >= 0.6 is 15.9 Å². The van der Waals surface area contributed by atoms with Gasteiger partial charge in [-0.15, -0.1) is 0 Å². The lowest BCUT2D eigenvalue weighted by atomic mass is 10.1. The molecule has 1 fully saturated rings. The Hall–Kier alpha value is -0.420. The van der Waals surface area contributed by atoms with Gasteiger partial charge < -0.3 is 10.5 Å². The molecule has 0 bridgehead atoms. The minimum Gasteiger partial charge on any atom is -0.381 e. The minimum atomic E-state index is 0.592. The van der Waals surface area contributed by atoms with E-state index >= 15 is 0 Å². The molecule has 2 rings (SSSR count). The summed E-state index contributed by atoms with van der Waals surface area (Å²) in [6, 6.07) is 7.03. The largest absolute Gasteiger partial charge is 0.381 e. The van der Waals surface area contributed by atoms with E-state index in [1.54, 1.807) is 0 Å². The number of hydrogen-bond acceptors (Lipinski definition) is 3. The molecule has 3 nitrogen and oxygen atoms in total. The molecule has 0 aliphatic carbocycles. The van der Waals surface area contributed by atoms with E-state index in [2.05, 4.69) is 46.1 Å². The highest BCUT2D eigenvalue weighted by molar-refractivity contribution is 9.10. The van der Waals surface area contributed by atoms with Crippen LogP contribution in [0.4, 0.5) is 0 Å². The van der Waals surface area contributed by atoms with Crippen LogP contribution in [-0.2, 0) is 17.8 Å². The molecule has 1 aromatic carbocycles. The summed E-state index contributed by atoms with van der Waals surface area (Å²) in [7, 11) is 2.19. The van der Waals surface area contributed by atoms with Crippen molar-refractivity contribution in [2.75, 3.05) is 20.3 Å². The van der Waals surface area contributed by atoms with Gasteiger partial charge >= 0.3 is 0 Å². The van der Waals surface area contributed by atoms with Gasteiger partial charge in [0.1, 0.15) is 0 Å². The van der Waals surface area contributed by atoms with Crippen LogP contribution in [0.2, 0.25) is 0 Å². The fourth-order valence-corrected chi connectivity index (χ4v) is 2.92. The summed E-state index contributed by atoms with van der Waals surface area (Å²) in [6.07, 6.45) is 2.27. The Morgan fingerprint density at radius 1 is 1.39 bits per heavy atom. The van der Waals surface area contributed by atoms with Gasteiger partial charge in [-0.2, -0.15) is 0 Å². The zero-order valence-electron chi connectivity index (χ0n) is 10.9. The third kappa shape index (κ3) is 3.54. The van der Waals surface area contributed by atoms with Crippen LogP contribution in [0.25, 0.3) is 0 Å². The minimum absolute atomic E-state index is 0.592. The Balaban J connectivity index is 1.99. The second-order valence-electron chi connectivity index (χ2n) is 4.89. The molecule has 4 heteroatoms. The van der Waals surface area contributed by atoms with Crippen molar-refractivity contribution in [2.24, 2.45) is 5.73 Å². The van der Waals surface area contributed by atoms with Gasteiger partial charge in [0.05, 0.1) is 0 Å². The molecule has 0 spiro atoms. The smallest absolute Gasteiger partial charge is 0.0480 e. The monoisotopic (exact) mass is 312 g/mol. The van der Waals surface area contributed by atoms with Gasteiger partial charge in [-0.3, -0.25) is 4.90 Å². The van der Waals surface area contributed by atoms with Crippen molar-refractivity contribution < 1.29 is 4.74 Å². The Bertz CT molecular complexity index is 391. The zero-order valence-corrected chi connectivity index (χ0v) is 12.4. The van der Waals surface area contributed by atoms with E-state index in [0.717, 1.165) is 37.1 Å². The second kappa shape index (κ2) is 6.66. The molecule has 0 unspecified atom stereocenters. The summed E-state index contributed by atoms with van der Waals surface area (Å²) in [5.41, 5.74) is 8.13. The van der Waals surface area contributed by atoms with Crippen LogP contribution in [0.15, 0.2) is 22.7 Å². The summed E-state index contributed by atoms with van der Waals surface area (Å²) < 4.78 is 6.56. The molecular weight excluding hydrogens is 292 g/mol. The molecule has 1 heterocycles. The van der Waals surface area contributed by atoms with Gasteiger partial charge in [-0.1, -0.05) is 28.1 Å². The fourth-order valence-electron chi connectivity index (χ4n) is 2.37. The van der Waals surface area contributed by atoms with Gasteiger partial charge in [0.25, 0.3) is 0 Å². The van der Waals surface area contributed by atoms with Gasteiger partial charge in [0.2, 0.25) is 0 Å². The normalized spacial score (nSPS) is 17.3. The van der Waals surface area contributed by atoms with E-state index in [9.17, 15) is 0 Å². The predicted molar refractivity (Wildman–Crippen MR) is 77.3 cm³/mol. The molecule has 2 N–H and O–H groups in total. The third-order valence-electron chi connectivity index (χ3n) is 3.59. The average molecular weight is 313 g/mol. The number of nitrogens with two attached hydrogens (primary N) is 1. The molecule has 0 saturated carbocycles. The summed E-state index contributed by atoms with van der Waals surface area (Å²) in [6.45, 7) is 3.34. The Kier molecular flexibility index (Phi) is 5.18. The molecule has 0 atom stereocenters. The molecule has 18 heavy (non-hydrogen) atoms. The first-order valence-corrected chi connectivity index (χ1v) is 7.25. The number of rotatable bonds is 4. The first-order valence-electron chi connectivity index (χ1n) is 6.46. The maximum atomic E-state index is 5.64. The lowest BCUT2D eigenvalue weighted by molar-refractivity contribution is 0.0406. The molecule has 1 aromatic rings. The number of benzene rings is 1. The molecule has 1 saturated heterocycles. The predicted octanol–water partition coefficient (Wildman–Crippen LogP) is 2.52. The zero-order chi connectivity index (χ0) is 13.0. The average Bonchev–Trinajstić information content (AvgIpc) is 2.42. The van der Waals surface area contributed by atoms with E-state index in [-0.39, 0.29) is 0 Å². The second-order valence-corrected chi connectivity index (χ2v) is 5.74. The van der Waals surface area contributed by atoms with Crippen molar-refractivity contribution in [2.45, 2.75) is 32.0 Å². The van der Waals surface area contributed by atoms with Gasteiger partial charge in [-0.25, -0.2) is 0 Å². The highest BCUT2D eigenvalue weighted by Gasteiger charge is 2.18. The standard InChI is InChI=1S/C14H21BrN2O/c1-17(13-4-6-18-7-5-13)10-12-3-2-11(9-16)8-14(12)15/h2-3,8,13H,4-7,9-10,16H2,1H3. The number of hydrogen-bond donors (Lipinski definition) is 1. The van der Waals surface area contributed by atoms with Crippen LogP contribution in [0.3, 0.4) is 0 Å². The molecule has 0 aromatic heterocycles. The number of halogens is 1. The summed E-state index contributed by atoms with van der Waals surface area (Å²) in [4.78, 5) is 2.42. The Morgan fingerprint density at radius 2 is 2.11 bits per heavy atom. The summed E-state index contributed by atoms with van der Waals surface area (Å²) in [5, 5.41) is 0. The van der Waals surface area contributed by atoms with Gasteiger partial charge in [0.15, 0.2) is 0 Å². The van der Waals surface area contributed by atoms with Crippen LogP contribution in [-0.4, -0.2) is 31.2 Å². The van der Waals surface area contributed by atoms with E-state index < -0.39 is 0 Å². The van der Waals surface area contributed by atoms with Crippen molar-refractivity contribution >= 4 is 15.9 Å². The maximum absolute atomic E-state index is 5.64. The van der Waals surface area contributed by atoms with E-state index in [4.69, 9.17) is 10.5 Å². The highest BCUT2D eigenvalue weighted by atomic mass is 79.9. The van der Waals surface area contributed by atoms with Crippen molar-refractivity contribution in [3.05, 3.63) is 33.8 Å². The fraction of sp³-hybridized carbons (Fsp3) is 0.571. The van der Waals surface area contributed by atoms with Crippen LogP contribution in [0, 0.1) is 0 Å². The quantitative estimate of drug-likeness (QED) is 0.928. The lowest BCUT2D eigenvalue weighted by Gasteiger charge is -2.31. The topological polar surface area (TPSA) is 38.5 Å². The molecule has 0 radical (unpaired) electrons. The third-order valence-corrected chi connectivity index (χ3v) is 4.33. The van der Waals surface area contributed by atoms with Crippen molar-refractivity contribution in [3.63, 3.8) is 0 Å². The van der Waals surface area contributed by atoms with Crippen LogP contribution in [0.5, 0.6) is 0 Å². The molecule has 100 valence electrons. The van der Waals surface area contributed by atoms with Gasteiger partial charge in [-0.05, 0) is 37.1 Å². The van der Waals surface area contributed by atoms with E-state index in [1.165, 1.54) is 11.1 Å². The summed E-state index contributed by atoms with van der Waals surface area (Å²) in [5.74, 6) is 0. The first kappa shape index (κ1) is 14.0. The Morgan fingerprint density at radius 3 is 2.72 bits per heavy atom. The van der Waals surface area contributed by atoms with Crippen LogP contribution < -0.4 is 5.73 Å². The maximum Gasteiger partial charge on any atom is 0.0480 e. The summed E-state index contributed by atoms with van der Waals surface area (Å²) >= 11 is 3.63. The lowest BCUT2D eigenvalue weighted by Crippen LogP contribution is -2.36. The highest BCUT2D eigenvalue weighted by Crippen LogP contribution is 2.22. The molecule has 1 aliphatic rings. The molecule has 1 aliphatic heterocycles. The van der Waals surface area contributed by atoms with Crippen molar-refractivity contribution in [1.82, 2.24) is 4.90 Å². The molecular formula is C14H21BrN2O. The van der Waals surface area contributed by atoms with Gasteiger partial charge in [0, 0.05) is 36.8 Å².